The summed E-state index contributed by atoms with van der Waals surface area (Å²) in [6.45, 7) is -2.17. The van der Waals surface area contributed by atoms with Crippen LogP contribution in [0.25, 0.3) is 0 Å². The van der Waals surface area contributed by atoms with Crippen LogP contribution in [-0.4, -0.2) is 188 Å². The molecule has 0 bridgehead atoms. The zero-order chi connectivity index (χ0) is 42.6. The Bertz CT molecular complexity index is 1420. The highest BCUT2D eigenvalue weighted by Gasteiger charge is 2.53. The van der Waals surface area contributed by atoms with Crippen molar-refractivity contribution < 1.29 is 88.7 Å². The molecule has 1 aromatic carbocycles. The predicted octanol–water partition coefficient (Wildman–Crippen LogP) is -1.99. The van der Waals surface area contributed by atoms with Crippen LogP contribution in [0.15, 0.2) is 24.3 Å². The summed E-state index contributed by atoms with van der Waals surface area (Å²) in [6, 6.07) is 6.83. The van der Waals surface area contributed by atoms with Crippen LogP contribution in [0, 0.1) is 5.92 Å². The van der Waals surface area contributed by atoms with Crippen molar-refractivity contribution in [1.82, 2.24) is 5.32 Å². The van der Waals surface area contributed by atoms with Gasteiger partial charge in [0.25, 0.3) is 0 Å². The summed E-state index contributed by atoms with van der Waals surface area (Å²) < 4.78 is 41.6. The lowest BCUT2D eigenvalue weighted by Gasteiger charge is -2.45. The smallest absolute Gasteiger partial charge is 0.332 e. The molecule has 0 spiro atoms. The number of ether oxygens (including phenoxy) is 7. The van der Waals surface area contributed by atoms with Crippen molar-refractivity contribution in [2.24, 2.45) is 5.92 Å². The highest BCUT2D eigenvalue weighted by molar-refractivity contribution is 7.80. The highest BCUT2D eigenvalue weighted by atomic mass is 32.1. The average Bonchev–Trinajstić information content (AvgIpc) is 3.54. The Morgan fingerprint density at radius 2 is 1.42 bits per heavy atom. The number of rotatable bonds is 21. The third kappa shape index (κ3) is 12.7. The number of hydrogen-bond donors (Lipinski definition) is 11. The number of carbonyl (C=O) groups is 2. The first-order valence-electron chi connectivity index (χ1n) is 20.4. The summed E-state index contributed by atoms with van der Waals surface area (Å²) in [6.07, 6.45) is -15.9. The summed E-state index contributed by atoms with van der Waals surface area (Å²) in [7, 11) is 0. The van der Waals surface area contributed by atoms with E-state index in [9.17, 15) is 55.5 Å². The minimum absolute atomic E-state index is 0.0610. The number of aliphatic carboxylic acids is 1. The fourth-order valence-electron chi connectivity index (χ4n) is 7.98. The van der Waals surface area contributed by atoms with Crippen molar-refractivity contribution in [3.8, 4) is 5.75 Å². The molecule has 1 aromatic rings. The van der Waals surface area contributed by atoms with Gasteiger partial charge in [-0.3, -0.25) is 4.79 Å². The fourth-order valence-corrected chi connectivity index (χ4v) is 8.13. The molecule has 15 unspecified atom stereocenters. The van der Waals surface area contributed by atoms with Gasteiger partial charge in [0.1, 0.15) is 79.0 Å². The Morgan fingerprint density at radius 3 is 2.07 bits per heavy atom. The minimum atomic E-state index is -1.82. The third-order valence-corrected chi connectivity index (χ3v) is 11.7. The van der Waals surface area contributed by atoms with E-state index in [1.807, 2.05) is 0 Å². The molecule has 15 atom stereocenters. The maximum atomic E-state index is 12.6. The molecule has 20 heteroatoms. The summed E-state index contributed by atoms with van der Waals surface area (Å²) in [4.78, 5) is 24.6. The van der Waals surface area contributed by atoms with Crippen LogP contribution in [0.1, 0.15) is 56.9 Å². The Morgan fingerprint density at radius 1 is 0.763 bits per heavy atom. The topological polar surface area (TPSA) is 293 Å². The monoisotopic (exact) mass is 863 g/mol. The number of carbonyl (C=O) groups excluding carboxylic acids is 1. The van der Waals surface area contributed by atoms with E-state index < -0.39 is 124 Å². The molecule has 4 fully saturated rings. The Kier molecular flexibility index (Phi) is 18.8. The van der Waals surface area contributed by atoms with Gasteiger partial charge in [-0.05, 0) is 48.6 Å². The van der Waals surface area contributed by atoms with Gasteiger partial charge in [-0.2, -0.15) is 12.6 Å². The van der Waals surface area contributed by atoms with Crippen LogP contribution >= 0.6 is 12.6 Å². The minimum Gasteiger partial charge on any atom is -0.479 e. The number of carboxylic acid groups (broad SMARTS) is 1. The Labute approximate surface area is 347 Å². The van der Waals surface area contributed by atoms with Gasteiger partial charge >= 0.3 is 5.97 Å². The van der Waals surface area contributed by atoms with Gasteiger partial charge in [-0.1, -0.05) is 44.2 Å². The van der Waals surface area contributed by atoms with Crippen LogP contribution in [-0.2, 0) is 44.4 Å². The molecule has 3 heterocycles. The number of amides is 1. The number of carboxylic acids is 1. The van der Waals surface area contributed by atoms with E-state index in [1.165, 1.54) is 0 Å². The van der Waals surface area contributed by atoms with Gasteiger partial charge in [-0.25, -0.2) is 4.79 Å². The molecule has 4 aliphatic rings. The molecule has 5 rings (SSSR count). The van der Waals surface area contributed by atoms with E-state index in [2.05, 4.69) is 17.9 Å². The van der Waals surface area contributed by atoms with E-state index >= 15 is 0 Å². The number of benzene rings is 1. The van der Waals surface area contributed by atoms with E-state index in [0.717, 1.165) is 37.7 Å². The normalized spacial score (nSPS) is 35.9. The second-order valence-electron chi connectivity index (χ2n) is 15.6. The summed E-state index contributed by atoms with van der Waals surface area (Å²) in [5.41, 5.74) is 0.892. The zero-order valence-electron chi connectivity index (χ0n) is 32.8. The second-order valence-corrected chi connectivity index (χ2v) is 16.0. The Hall–Kier alpha value is -2.25. The number of hydrogen-bond acceptors (Lipinski definition) is 18. The Balaban J connectivity index is 1.32. The molecule has 0 radical (unpaired) electrons. The molecular weight excluding hydrogens is 802 g/mol. The van der Waals surface area contributed by atoms with Crippen molar-refractivity contribution in [3.05, 3.63) is 29.8 Å². The molecule has 0 aromatic heterocycles. The van der Waals surface area contributed by atoms with Gasteiger partial charge in [0, 0.05) is 13.0 Å². The quantitative estimate of drug-likeness (QED) is 0.0597. The predicted molar refractivity (Wildman–Crippen MR) is 206 cm³/mol. The molecule has 1 amide bonds. The van der Waals surface area contributed by atoms with Gasteiger partial charge in [0.2, 0.25) is 12.2 Å². The summed E-state index contributed by atoms with van der Waals surface area (Å²) >= 11 is 4.12. The molecule has 10 N–H and O–H groups in total. The maximum Gasteiger partial charge on any atom is 0.332 e. The lowest BCUT2D eigenvalue weighted by atomic mass is 9.85. The van der Waals surface area contributed by atoms with Gasteiger partial charge in [-0.15, -0.1) is 0 Å². The molecule has 1 saturated carbocycles. The van der Waals surface area contributed by atoms with Crippen molar-refractivity contribution in [2.45, 2.75) is 150 Å². The van der Waals surface area contributed by atoms with E-state index in [1.54, 1.807) is 24.3 Å². The molecule has 1 aliphatic carbocycles. The molecule has 59 heavy (non-hydrogen) atoms. The van der Waals surface area contributed by atoms with Crippen LogP contribution in [0.4, 0.5) is 0 Å². The van der Waals surface area contributed by atoms with Crippen LogP contribution in [0.2, 0.25) is 0 Å². The number of thiol groups is 1. The van der Waals surface area contributed by atoms with E-state index in [4.69, 9.17) is 33.2 Å². The molecule has 3 aliphatic heterocycles. The number of aliphatic hydroxyl groups excluding tert-OH is 8. The SMILES string of the molecule is O=C(CCCS)NCCc1ccc(OC2OC(CO)C(OCC3OC(CO)C(O)C3OC3OC(CO)C(O)C(O)C3O)C(OC(CC3CCCCC3)C(=O)O)C2O)cc1. The van der Waals surface area contributed by atoms with Crippen LogP contribution in [0.5, 0.6) is 5.75 Å². The maximum absolute atomic E-state index is 12.6. The molecule has 19 nitrogen and oxygen atoms in total. The second kappa shape index (κ2) is 23.3. The van der Waals surface area contributed by atoms with Crippen LogP contribution in [0.3, 0.4) is 0 Å². The van der Waals surface area contributed by atoms with Crippen molar-refractivity contribution in [1.29, 1.82) is 0 Å². The van der Waals surface area contributed by atoms with E-state index in [-0.39, 0.29) is 24.0 Å². The molecule has 336 valence electrons. The van der Waals surface area contributed by atoms with Crippen LogP contribution < -0.4 is 10.1 Å². The largest absolute Gasteiger partial charge is 0.479 e. The van der Waals surface area contributed by atoms with Crippen molar-refractivity contribution in [2.75, 3.05) is 38.7 Å². The molecule has 3 saturated heterocycles. The molecular formula is C39H61NO18S. The lowest BCUT2D eigenvalue weighted by molar-refractivity contribution is -0.321. The van der Waals surface area contributed by atoms with E-state index in [0.29, 0.717) is 31.6 Å². The van der Waals surface area contributed by atoms with Gasteiger partial charge < -0.3 is 84.4 Å². The third-order valence-electron chi connectivity index (χ3n) is 11.3. The zero-order valence-corrected chi connectivity index (χ0v) is 33.7. The van der Waals surface area contributed by atoms with Gasteiger partial charge in [0.05, 0.1) is 26.4 Å². The number of nitrogens with one attached hydrogen (secondary N) is 1. The first-order chi connectivity index (χ1) is 28.4. The number of aliphatic hydroxyl groups is 8. The summed E-state index contributed by atoms with van der Waals surface area (Å²) in [5.74, 6) is -0.369. The average molecular weight is 864 g/mol. The first kappa shape index (κ1) is 47.8. The highest BCUT2D eigenvalue weighted by Crippen LogP contribution is 2.35. The first-order valence-corrected chi connectivity index (χ1v) is 21.0. The van der Waals surface area contributed by atoms with Crippen molar-refractivity contribution >= 4 is 24.5 Å². The summed E-state index contributed by atoms with van der Waals surface area (Å²) in [5, 5.41) is 97.2. The van der Waals surface area contributed by atoms with Crippen molar-refractivity contribution in [3.63, 3.8) is 0 Å². The fraction of sp³-hybridized carbons (Fsp3) is 0.795. The van der Waals surface area contributed by atoms with Gasteiger partial charge in [0.15, 0.2) is 12.4 Å². The standard InChI is InChI=1S/C39H61NO18S/c41-16-24-29(45)31(47)32(48)38(56-24)58-34-27(54-25(17-42)30(34)46)19-52-35-26(18-43)57-39(33(49)36(35)55-23(37(50)51)15-21-5-2-1-3-6-21)53-22-10-8-20(9-11-22)12-13-40-28(44)7-4-14-59/h8-11,21,23-27,29-36,38-39,41-43,45-49,59H,1-7,12-19H2,(H,40,44)(H,50,51). The lowest BCUT2D eigenvalue weighted by Crippen LogP contribution is -2.63.